The minimum atomic E-state index is -1.43. The van der Waals surface area contributed by atoms with Crippen LogP contribution in [0.3, 0.4) is 0 Å². The van der Waals surface area contributed by atoms with Crippen LogP contribution in [0.2, 0.25) is 0 Å². The first kappa shape index (κ1) is 25.2. The summed E-state index contributed by atoms with van der Waals surface area (Å²) in [5.41, 5.74) is -0.910. The Balaban J connectivity index is 3.07. The van der Waals surface area contributed by atoms with E-state index in [-0.39, 0.29) is 23.0 Å². The van der Waals surface area contributed by atoms with E-state index in [9.17, 15) is 24.6 Å². The number of aliphatic hydroxyl groups excluding tert-OH is 1. The monoisotopic (exact) mass is 425 g/mol. The summed E-state index contributed by atoms with van der Waals surface area (Å²) < 4.78 is 16.1. The molecule has 0 aliphatic rings. The SMILES string of the molecule is CCC(C)COc1ccc(C(=O)O)cc1OC(=O)C(NC(=O)OC(C)(C)C)C(C)O. The molecule has 1 amide bonds. The van der Waals surface area contributed by atoms with Crippen molar-refractivity contribution in [1.29, 1.82) is 0 Å². The van der Waals surface area contributed by atoms with Gasteiger partial charge in [-0.1, -0.05) is 20.3 Å². The molecule has 9 heteroatoms. The Morgan fingerprint density at radius 1 is 1.13 bits per heavy atom. The lowest BCUT2D eigenvalue weighted by molar-refractivity contribution is -0.139. The highest BCUT2D eigenvalue weighted by Crippen LogP contribution is 2.30. The molecule has 0 saturated carbocycles. The van der Waals surface area contributed by atoms with Gasteiger partial charge >= 0.3 is 18.0 Å². The average Bonchev–Trinajstić information content (AvgIpc) is 2.62. The summed E-state index contributed by atoms with van der Waals surface area (Å²) in [6.07, 6.45) is -1.33. The third kappa shape index (κ3) is 8.28. The first-order chi connectivity index (χ1) is 13.8. The fourth-order valence-electron chi connectivity index (χ4n) is 2.17. The molecule has 1 aromatic carbocycles. The molecule has 0 fully saturated rings. The minimum Gasteiger partial charge on any atom is -0.489 e. The van der Waals surface area contributed by atoms with Gasteiger partial charge in [-0.05, 0) is 51.8 Å². The van der Waals surface area contributed by atoms with Crippen molar-refractivity contribution in [2.45, 2.75) is 65.7 Å². The maximum Gasteiger partial charge on any atom is 0.408 e. The molecule has 0 aromatic heterocycles. The maximum absolute atomic E-state index is 12.6. The molecule has 0 aliphatic carbocycles. The molecule has 1 rings (SSSR count). The zero-order chi connectivity index (χ0) is 23.1. The molecular formula is C21H31NO8. The zero-order valence-corrected chi connectivity index (χ0v) is 18.2. The number of nitrogens with one attached hydrogen (secondary N) is 1. The van der Waals surface area contributed by atoms with E-state index < -0.39 is 35.8 Å². The lowest BCUT2D eigenvalue weighted by atomic mass is 10.1. The Labute approximate surface area is 176 Å². The third-order valence-electron chi connectivity index (χ3n) is 4.03. The summed E-state index contributed by atoms with van der Waals surface area (Å²) >= 11 is 0. The van der Waals surface area contributed by atoms with Gasteiger partial charge in [0.1, 0.15) is 5.60 Å². The molecule has 1 aromatic rings. The van der Waals surface area contributed by atoms with E-state index in [1.807, 2.05) is 13.8 Å². The van der Waals surface area contributed by atoms with E-state index in [2.05, 4.69) is 5.32 Å². The predicted molar refractivity (Wildman–Crippen MR) is 109 cm³/mol. The molecule has 3 N–H and O–H groups in total. The van der Waals surface area contributed by atoms with Gasteiger partial charge in [0.2, 0.25) is 0 Å². The van der Waals surface area contributed by atoms with Gasteiger partial charge in [0.15, 0.2) is 17.5 Å². The summed E-state index contributed by atoms with van der Waals surface area (Å²) in [5.74, 6) is -1.92. The van der Waals surface area contributed by atoms with Crippen molar-refractivity contribution in [3.8, 4) is 11.5 Å². The number of rotatable bonds is 9. The number of aliphatic hydroxyl groups is 1. The summed E-state index contributed by atoms with van der Waals surface area (Å²) in [6.45, 7) is 10.6. The Kier molecular flexibility index (Phi) is 9.10. The number of hydrogen-bond donors (Lipinski definition) is 3. The number of aromatic carboxylic acids is 1. The number of hydrogen-bond acceptors (Lipinski definition) is 7. The number of carbonyl (C=O) groups excluding carboxylic acids is 2. The quantitative estimate of drug-likeness (QED) is 0.406. The fourth-order valence-corrected chi connectivity index (χ4v) is 2.17. The summed E-state index contributed by atoms with van der Waals surface area (Å²) in [4.78, 5) is 35.9. The van der Waals surface area contributed by atoms with Gasteiger partial charge in [0.05, 0.1) is 18.3 Å². The smallest absolute Gasteiger partial charge is 0.408 e. The summed E-state index contributed by atoms with van der Waals surface area (Å²) in [7, 11) is 0. The minimum absolute atomic E-state index is 0.109. The molecule has 168 valence electrons. The van der Waals surface area contributed by atoms with Crippen LogP contribution in [-0.2, 0) is 9.53 Å². The van der Waals surface area contributed by atoms with Gasteiger partial charge in [0.25, 0.3) is 0 Å². The van der Waals surface area contributed by atoms with Gasteiger partial charge in [-0.3, -0.25) is 0 Å². The predicted octanol–water partition coefficient (Wildman–Crippen LogP) is 2.99. The lowest BCUT2D eigenvalue weighted by Gasteiger charge is -2.24. The highest BCUT2D eigenvalue weighted by molar-refractivity contribution is 5.89. The van der Waals surface area contributed by atoms with E-state index >= 15 is 0 Å². The Bertz CT molecular complexity index is 754. The van der Waals surface area contributed by atoms with Gasteiger partial charge in [-0.2, -0.15) is 0 Å². The van der Waals surface area contributed by atoms with Gasteiger partial charge in [-0.25, -0.2) is 14.4 Å². The largest absolute Gasteiger partial charge is 0.489 e. The molecule has 9 nitrogen and oxygen atoms in total. The number of alkyl carbamates (subject to hydrolysis) is 1. The van der Waals surface area contributed by atoms with Crippen molar-refractivity contribution >= 4 is 18.0 Å². The topological polar surface area (TPSA) is 131 Å². The second kappa shape index (κ2) is 10.8. The Hall–Kier alpha value is -2.81. The number of amides is 1. The molecule has 0 heterocycles. The molecule has 30 heavy (non-hydrogen) atoms. The van der Waals surface area contributed by atoms with Crippen LogP contribution in [0, 0.1) is 5.92 Å². The van der Waals surface area contributed by atoms with Crippen LogP contribution < -0.4 is 14.8 Å². The van der Waals surface area contributed by atoms with Gasteiger partial charge in [-0.15, -0.1) is 0 Å². The fraction of sp³-hybridized carbons (Fsp3) is 0.571. The van der Waals surface area contributed by atoms with Gasteiger partial charge in [0, 0.05) is 0 Å². The maximum atomic E-state index is 12.6. The lowest BCUT2D eigenvalue weighted by Crippen LogP contribution is -2.50. The van der Waals surface area contributed by atoms with Crippen LogP contribution in [0.25, 0.3) is 0 Å². The standard InChI is InChI=1S/C21H31NO8/c1-7-12(2)11-28-15-9-8-14(18(24)25)10-16(15)29-19(26)17(13(3)23)22-20(27)30-21(4,5)6/h8-10,12-13,17,23H,7,11H2,1-6H3,(H,22,27)(H,24,25). The highest BCUT2D eigenvalue weighted by atomic mass is 16.6. The zero-order valence-electron chi connectivity index (χ0n) is 18.2. The third-order valence-corrected chi connectivity index (χ3v) is 4.03. The second-order valence-electron chi connectivity index (χ2n) is 8.08. The number of ether oxygens (including phenoxy) is 3. The van der Waals surface area contributed by atoms with E-state index in [1.54, 1.807) is 20.8 Å². The van der Waals surface area contributed by atoms with Crippen molar-refractivity contribution in [1.82, 2.24) is 5.32 Å². The van der Waals surface area contributed by atoms with Crippen molar-refractivity contribution < 1.29 is 38.8 Å². The average molecular weight is 425 g/mol. The van der Waals surface area contributed by atoms with Crippen molar-refractivity contribution in [3.05, 3.63) is 23.8 Å². The second-order valence-corrected chi connectivity index (χ2v) is 8.08. The summed E-state index contributed by atoms with van der Waals surface area (Å²) in [5, 5.41) is 21.4. The van der Waals surface area contributed by atoms with Crippen LogP contribution in [-0.4, -0.2) is 52.6 Å². The van der Waals surface area contributed by atoms with Crippen molar-refractivity contribution in [2.75, 3.05) is 6.61 Å². The van der Waals surface area contributed by atoms with E-state index in [4.69, 9.17) is 14.2 Å². The Morgan fingerprint density at radius 2 is 1.77 bits per heavy atom. The number of carboxylic acids is 1. The molecule has 0 aliphatic heterocycles. The van der Waals surface area contributed by atoms with Crippen LogP contribution in [0.5, 0.6) is 11.5 Å². The van der Waals surface area contributed by atoms with E-state index in [0.29, 0.717) is 6.61 Å². The summed E-state index contributed by atoms with van der Waals surface area (Å²) in [6, 6.07) is 2.44. The number of benzene rings is 1. The van der Waals surface area contributed by atoms with Crippen molar-refractivity contribution in [3.63, 3.8) is 0 Å². The number of carbonyl (C=O) groups is 3. The molecule has 0 saturated heterocycles. The van der Waals surface area contributed by atoms with E-state index in [1.165, 1.54) is 19.1 Å². The number of esters is 1. The Morgan fingerprint density at radius 3 is 2.27 bits per heavy atom. The van der Waals surface area contributed by atoms with Crippen LogP contribution in [0.1, 0.15) is 58.3 Å². The molecular weight excluding hydrogens is 394 g/mol. The van der Waals surface area contributed by atoms with Crippen LogP contribution in [0.4, 0.5) is 4.79 Å². The molecule has 3 unspecified atom stereocenters. The van der Waals surface area contributed by atoms with Gasteiger partial charge < -0.3 is 29.7 Å². The first-order valence-corrected chi connectivity index (χ1v) is 9.73. The molecule has 0 bridgehead atoms. The molecule has 3 atom stereocenters. The highest BCUT2D eigenvalue weighted by Gasteiger charge is 2.30. The molecule has 0 radical (unpaired) electrons. The van der Waals surface area contributed by atoms with Crippen LogP contribution >= 0.6 is 0 Å². The first-order valence-electron chi connectivity index (χ1n) is 9.73. The van der Waals surface area contributed by atoms with Crippen molar-refractivity contribution in [2.24, 2.45) is 5.92 Å². The number of carboxylic acid groups (broad SMARTS) is 1. The van der Waals surface area contributed by atoms with E-state index in [0.717, 1.165) is 12.5 Å². The normalized spacial score (nSPS) is 14.2. The molecule has 0 spiro atoms. The van der Waals surface area contributed by atoms with Crippen LogP contribution in [0.15, 0.2) is 18.2 Å².